The largest absolute Gasteiger partial charge is 0.359 e. The van der Waals surface area contributed by atoms with Gasteiger partial charge < -0.3 is 9.84 Å². The molecule has 3 aromatic rings. The molecule has 1 aromatic carbocycles. The normalized spacial score (nSPS) is 11.0. The molecule has 116 valence electrons. The first-order valence-corrected chi connectivity index (χ1v) is 7.15. The van der Waals surface area contributed by atoms with Crippen molar-refractivity contribution in [1.29, 1.82) is 0 Å². The maximum absolute atomic E-state index is 12.0. The average molecular weight is 308 g/mol. The lowest BCUT2D eigenvalue weighted by molar-refractivity contribution is -0.111. The fraction of sp³-hybridized carbons (Fsp3) is 0.118. The molecule has 23 heavy (non-hydrogen) atoms. The maximum atomic E-state index is 12.0. The van der Waals surface area contributed by atoms with Gasteiger partial charge in [0.2, 0.25) is 5.91 Å². The predicted octanol–water partition coefficient (Wildman–Crippen LogP) is 3.13. The Hall–Kier alpha value is -3.15. The lowest BCUT2D eigenvalue weighted by atomic mass is 10.3. The molecule has 0 saturated carbocycles. The van der Waals surface area contributed by atoms with E-state index in [-0.39, 0.29) is 5.91 Å². The van der Waals surface area contributed by atoms with Gasteiger partial charge in [-0.25, -0.2) is 4.68 Å². The van der Waals surface area contributed by atoms with Gasteiger partial charge >= 0.3 is 0 Å². The van der Waals surface area contributed by atoms with Crippen LogP contribution in [0, 0.1) is 13.8 Å². The van der Waals surface area contributed by atoms with Crippen molar-refractivity contribution >= 4 is 17.7 Å². The Morgan fingerprint density at radius 1 is 1.26 bits per heavy atom. The molecule has 0 fully saturated rings. The summed E-state index contributed by atoms with van der Waals surface area (Å²) in [4.78, 5) is 12.0. The van der Waals surface area contributed by atoms with Crippen LogP contribution in [0.1, 0.15) is 17.0 Å². The molecule has 0 aliphatic heterocycles. The second-order valence-corrected chi connectivity index (χ2v) is 5.08. The number of aryl methyl sites for hydroxylation is 2. The number of hydrogen-bond donors (Lipinski definition) is 1. The summed E-state index contributed by atoms with van der Waals surface area (Å²) in [5, 5.41) is 10.8. The number of carbonyl (C=O) groups is 1. The predicted molar refractivity (Wildman–Crippen MR) is 87.2 cm³/mol. The minimum atomic E-state index is -0.244. The molecule has 1 amide bonds. The van der Waals surface area contributed by atoms with E-state index in [1.165, 1.54) is 6.08 Å². The Labute approximate surface area is 133 Å². The number of aromatic nitrogens is 3. The van der Waals surface area contributed by atoms with Crippen LogP contribution in [-0.4, -0.2) is 20.8 Å². The molecule has 2 aromatic heterocycles. The van der Waals surface area contributed by atoms with Gasteiger partial charge in [-0.05, 0) is 32.1 Å². The van der Waals surface area contributed by atoms with Crippen molar-refractivity contribution in [3.05, 3.63) is 65.8 Å². The molecule has 0 unspecified atom stereocenters. The molecule has 1 N–H and O–H groups in total. The minimum Gasteiger partial charge on any atom is -0.359 e. The van der Waals surface area contributed by atoms with Gasteiger partial charge in [-0.3, -0.25) is 4.79 Å². The highest BCUT2D eigenvalue weighted by atomic mass is 16.5. The molecule has 0 bridgehead atoms. The lowest BCUT2D eigenvalue weighted by Gasteiger charge is -1.99. The number of nitrogens with zero attached hydrogens (tertiary/aromatic N) is 3. The van der Waals surface area contributed by atoms with Gasteiger partial charge in [-0.15, -0.1) is 0 Å². The fourth-order valence-corrected chi connectivity index (χ4v) is 2.14. The Kier molecular flexibility index (Phi) is 4.05. The van der Waals surface area contributed by atoms with Crippen LogP contribution in [0.15, 0.2) is 53.3 Å². The molecule has 0 aliphatic carbocycles. The third-order valence-corrected chi connectivity index (χ3v) is 3.33. The summed E-state index contributed by atoms with van der Waals surface area (Å²) in [6.45, 7) is 3.53. The minimum absolute atomic E-state index is 0.244. The Bertz CT molecular complexity index is 827. The summed E-state index contributed by atoms with van der Waals surface area (Å²) in [6.07, 6.45) is 6.72. The summed E-state index contributed by atoms with van der Waals surface area (Å²) in [5.41, 5.74) is 3.07. The SMILES string of the molecule is Cc1noc(C)c1NC(=O)/C=C\c1cnn(-c2ccccc2)c1. The number of para-hydroxylation sites is 1. The smallest absolute Gasteiger partial charge is 0.248 e. The Balaban J connectivity index is 1.69. The van der Waals surface area contributed by atoms with Crippen LogP contribution >= 0.6 is 0 Å². The fourth-order valence-electron chi connectivity index (χ4n) is 2.14. The first-order valence-electron chi connectivity index (χ1n) is 7.15. The van der Waals surface area contributed by atoms with Crippen molar-refractivity contribution in [2.24, 2.45) is 0 Å². The molecule has 0 radical (unpaired) electrons. The monoisotopic (exact) mass is 308 g/mol. The number of anilines is 1. The van der Waals surface area contributed by atoms with Crippen LogP contribution in [0.2, 0.25) is 0 Å². The van der Waals surface area contributed by atoms with Crippen molar-refractivity contribution in [2.75, 3.05) is 5.32 Å². The van der Waals surface area contributed by atoms with Gasteiger partial charge in [-0.1, -0.05) is 23.4 Å². The first-order chi connectivity index (χ1) is 11.1. The average Bonchev–Trinajstić information content (AvgIpc) is 3.16. The highest BCUT2D eigenvalue weighted by Gasteiger charge is 2.10. The van der Waals surface area contributed by atoms with Gasteiger partial charge in [0, 0.05) is 17.8 Å². The van der Waals surface area contributed by atoms with Crippen molar-refractivity contribution in [1.82, 2.24) is 14.9 Å². The second-order valence-electron chi connectivity index (χ2n) is 5.08. The van der Waals surface area contributed by atoms with Gasteiger partial charge in [0.25, 0.3) is 0 Å². The zero-order valence-electron chi connectivity index (χ0n) is 12.9. The van der Waals surface area contributed by atoms with E-state index >= 15 is 0 Å². The number of rotatable bonds is 4. The van der Waals surface area contributed by atoms with Crippen LogP contribution in [0.5, 0.6) is 0 Å². The molecule has 3 rings (SSSR count). The molecule has 6 heteroatoms. The number of benzene rings is 1. The molecular formula is C17H16N4O2. The molecule has 0 spiro atoms. The Morgan fingerprint density at radius 2 is 2.04 bits per heavy atom. The number of amides is 1. The van der Waals surface area contributed by atoms with E-state index in [1.54, 1.807) is 30.8 Å². The van der Waals surface area contributed by atoms with E-state index in [0.717, 1.165) is 11.3 Å². The number of nitrogens with one attached hydrogen (secondary N) is 1. The van der Waals surface area contributed by atoms with E-state index in [2.05, 4.69) is 15.6 Å². The summed E-state index contributed by atoms with van der Waals surface area (Å²) in [6, 6.07) is 9.77. The quantitative estimate of drug-likeness (QED) is 0.752. The summed E-state index contributed by atoms with van der Waals surface area (Å²) in [7, 11) is 0. The molecular weight excluding hydrogens is 292 g/mol. The third-order valence-electron chi connectivity index (χ3n) is 3.33. The van der Waals surface area contributed by atoms with Crippen LogP contribution in [-0.2, 0) is 4.79 Å². The van der Waals surface area contributed by atoms with Gasteiger partial charge in [0.15, 0.2) is 5.76 Å². The highest BCUT2D eigenvalue weighted by molar-refractivity contribution is 6.02. The standard InChI is InChI=1S/C17H16N4O2/c1-12-17(13(2)23-20-12)19-16(22)9-8-14-10-18-21(11-14)15-6-4-3-5-7-15/h3-11H,1-2H3,(H,19,22)/b9-8-. The van der Waals surface area contributed by atoms with Crippen molar-refractivity contribution in [3.63, 3.8) is 0 Å². The van der Waals surface area contributed by atoms with Crippen LogP contribution in [0.3, 0.4) is 0 Å². The topological polar surface area (TPSA) is 73.0 Å². The van der Waals surface area contributed by atoms with Gasteiger partial charge in [0.1, 0.15) is 11.4 Å². The summed E-state index contributed by atoms with van der Waals surface area (Å²) >= 11 is 0. The highest BCUT2D eigenvalue weighted by Crippen LogP contribution is 2.18. The van der Waals surface area contributed by atoms with E-state index in [9.17, 15) is 4.79 Å². The third kappa shape index (κ3) is 3.37. The van der Waals surface area contributed by atoms with Crippen molar-refractivity contribution in [2.45, 2.75) is 13.8 Å². The molecule has 0 saturated heterocycles. The number of hydrogen-bond acceptors (Lipinski definition) is 4. The number of carbonyl (C=O) groups excluding carboxylic acids is 1. The molecule has 6 nitrogen and oxygen atoms in total. The lowest BCUT2D eigenvalue weighted by Crippen LogP contribution is -2.08. The van der Waals surface area contributed by atoms with Gasteiger partial charge in [-0.2, -0.15) is 5.10 Å². The van der Waals surface area contributed by atoms with Crippen molar-refractivity contribution in [3.8, 4) is 5.69 Å². The van der Waals surface area contributed by atoms with E-state index < -0.39 is 0 Å². The van der Waals surface area contributed by atoms with E-state index in [1.807, 2.05) is 36.5 Å². The molecule has 2 heterocycles. The zero-order chi connectivity index (χ0) is 16.2. The summed E-state index contributed by atoms with van der Waals surface area (Å²) < 4.78 is 6.76. The maximum Gasteiger partial charge on any atom is 0.248 e. The summed E-state index contributed by atoms with van der Waals surface area (Å²) in [5.74, 6) is 0.341. The first kappa shape index (κ1) is 14.8. The van der Waals surface area contributed by atoms with Crippen LogP contribution < -0.4 is 5.32 Å². The van der Waals surface area contributed by atoms with E-state index in [0.29, 0.717) is 17.1 Å². The molecule has 0 aliphatic rings. The van der Waals surface area contributed by atoms with E-state index in [4.69, 9.17) is 4.52 Å². The van der Waals surface area contributed by atoms with Crippen LogP contribution in [0.25, 0.3) is 11.8 Å². The zero-order valence-corrected chi connectivity index (χ0v) is 12.9. The van der Waals surface area contributed by atoms with Crippen LogP contribution in [0.4, 0.5) is 5.69 Å². The second kappa shape index (κ2) is 6.31. The van der Waals surface area contributed by atoms with Crippen molar-refractivity contribution < 1.29 is 9.32 Å². The Morgan fingerprint density at radius 3 is 2.74 bits per heavy atom. The molecule has 0 atom stereocenters. The van der Waals surface area contributed by atoms with Gasteiger partial charge in [0.05, 0.1) is 11.9 Å².